The van der Waals surface area contributed by atoms with E-state index in [1.807, 2.05) is 44.2 Å². The van der Waals surface area contributed by atoms with Crippen LogP contribution in [-0.2, 0) is 4.79 Å². The van der Waals surface area contributed by atoms with E-state index >= 15 is 0 Å². The molecule has 0 saturated carbocycles. The van der Waals surface area contributed by atoms with Crippen molar-refractivity contribution in [2.75, 3.05) is 13.1 Å². The molecular weight excluding hydrogens is 455 g/mol. The van der Waals surface area contributed by atoms with Crippen LogP contribution in [0, 0.1) is 5.82 Å². The van der Waals surface area contributed by atoms with Gasteiger partial charge in [-0.3, -0.25) is 19.3 Å². The molecule has 0 radical (unpaired) electrons. The summed E-state index contributed by atoms with van der Waals surface area (Å²) in [6, 6.07) is 15.2. The molecule has 0 aliphatic carbocycles. The molecular formula is C25H23FN4O3S. The van der Waals surface area contributed by atoms with E-state index in [1.54, 1.807) is 22.9 Å². The maximum Gasteiger partial charge on any atom is 0.293 e. The molecule has 1 aliphatic heterocycles. The Morgan fingerprint density at radius 1 is 1.12 bits per heavy atom. The van der Waals surface area contributed by atoms with Crippen LogP contribution in [0.3, 0.4) is 0 Å². The lowest BCUT2D eigenvalue weighted by molar-refractivity contribution is -0.122. The molecule has 2 aromatic carbocycles. The summed E-state index contributed by atoms with van der Waals surface area (Å²) in [4.78, 5) is 39.4. The normalized spacial score (nSPS) is 14.9. The third kappa shape index (κ3) is 4.94. The molecule has 1 aliphatic rings. The van der Waals surface area contributed by atoms with Crippen LogP contribution >= 0.6 is 11.8 Å². The number of aromatic nitrogens is 2. The van der Waals surface area contributed by atoms with Crippen molar-refractivity contribution in [3.63, 3.8) is 0 Å². The second kappa shape index (κ2) is 10.0. The van der Waals surface area contributed by atoms with Gasteiger partial charge in [0.2, 0.25) is 0 Å². The Balaban J connectivity index is 1.42. The summed E-state index contributed by atoms with van der Waals surface area (Å²) in [5, 5.41) is 6.73. The molecule has 0 unspecified atom stereocenters. The highest BCUT2D eigenvalue weighted by molar-refractivity contribution is 8.18. The van der Waals surface area contributed by atoms with Crippen molar-refractivity contribution in [3.05, 3.63) is 88.3 Å². The zero-order valence-electron chi connectivity index (χ0n) is 18.7. The van der Waals surface area contributed by atoms with E-state index in [-0.39, 0.29) is 41.9 Å². The minimum atomic E-state index is -0.375. The van der Waals surface area contributed by atoms with E-state index in [4.69, 9.17) is 0 Å². The number of carbonyl (C=O) groups is 3. The maximum atomic E-state index is 13.3. The molecule has 9 heteroatoms. The minimum absolute atomic E-state index is 0.0304. The van der Waals surface area contributed by atoms with Gasteiger partial charge in [-0.2, -0.15) is 5.10 Å². The number of amides is 3. The quantitative estimate of drug-likeness (QED) is 0.502. The molecule has 1 saturated heterocycles. The molecule has 0 bridgehead atoms. The number of benzene rings is 2. The zero-order chi connectivity index (χ0) is 24.2. The summed E-state index contributed by atoms with van der Waals surface area (Å²) in [6.07, 6.45) is 3.15. The maximum absolute atomic E-state index is 13.3. The second-order valence-electron chi connectivity index (χ2n) is 7.99. The van der Waals surface area contributed by atoms with E-state index in [1.165, 1.54) is 18.3 Å². The molecule has 0 atom stereocenters. The average molecular weight is 479 g/mol. The Labute approximate surface area is 200 Å². The van der Waals surface area contributed by atoms with Gasteiger partial charge in [0.05, 0.1) is 28.0 Å². The van der Waals surface area contributed by atoms with Crippen LogP contribution in [0.1, 0.15) is 41.4 Å². The molecule has 1 N–H and O–H groups in total. The number of thioether (sulfide) groups is 1. The zero-order valence-corrected chi connectivity index (χ0v) is 19.5. The standard InChI is InChI=1S/C25H23FN4O3S/c1-16(2)22-20(15-28-30(22)19-10-8-18(26)9-11-19)23(31)27-12-13-29-24(32)21(34-25(29)33)14-17-6-4-3-5-7-17/h3-11,14-16H,12-13H2,1-2H3,(H,27,31)/b21-14-. The van der Waals surface area contributed by atoms with Gasteiger partial charge < -0.3 is 5.32 Å². The molecule has 34 heavy (non-hydrogen) atoms. The smallest absolute Gasteiger partial charge is 0.293 e. The van der Waals surface area contributed by atoms with Crippen LogP contribution in [0.25, 0.3) is 11.8 Å². The Bertz CT molecular complexity index is 1250. The van der Waals surface area contributed by atoms with Gasteiger partial charge >= 0.3 is 0 Å². The molecule has 1 aromatic heterocycles. The fraction of sp³-hybridized carbons (Fsp3) is 0.200. The summed E-state index contributed by atoms with van der Waals surface area (Å²) in [6.45, 7) is 4.04. The highest BCUT2D eigenvalue weighted by Crippen LogP contribution is 2.32. The van der Waals surface area contributed by atoms with Gasteiger partial charge in [-0.1, -0.05) is 44.2 Å². The summed E-state index contributed by atoms with van der Waals surface area (Å²) in [7, 11) is 0. The first-order chi connectivity index (χ1) is 16.3. The number of nitrogens with zero attached hydrogens (tertiary/aromatic N) is 3. The molecule has 1 fully saturated rings. The van der Waals surface area contributed by atoms with Gasteiger partial charge in [0, 0.05) is 13.1 Å². The van der Waals surface area contributed by atoms with Gasteiger partial charge in [0.1, 0.15) is 5.82 Å². The Morgan fingerprint density at radius 2 is 1.82 bits per heavy atom. The number of imide groups is 1. The number of nitrogens with one attached hydrogen (secondary N) is 1. The van der Waals surface area contributed by atoms with Crippen molar-refractivity contribution in [2.24, 2.45) is 0 Å². The van der Waals surface area contributed by atoms with Gasteiger partial charge in [-0.05, 0) is 53.6 Å². The fourth-order valence-corrected chi connectivity index (χ4v) is 4.51. The summed E-state index contributed by atoms with van der Waals surface area (Å²) in [5.41, 5.74) is 2.55. The van der Waals surface area contributed by atoms with Crippen LogP contribution in [-0.4, -0.2) is 44.8 Å². The van der Waals surface area contributed by atoms with E-state index in [2.05, 4.69) is 10.4 Å². The lowest BCUT2D eigenvalue weighted by atomic mass is 10.0. The number of rotatable bonds is 7. The van der Waals surface area contributed by atoms with Crippen molar-refractivity contribution in [2.45, 2.75) is 19.8 Å². The molecule has 174 valence electrons. The molecule has 0 spiro atoms. The number of hydrogen-bond acceptors (Lipinski definition) is 5. The largest absolute Gasteiger partial charge is 0.350 e. The first kappa shape index (κ1) is 23.4. The minimum Gasteiger partial charge on any atom is -0.350 e. The lowest BCUT2D eigenvalue weighted by Crippen LogP contribution is -2.37. The van der Waals surface area contributed by atoms with E-state index < -0.39 is 0 Å². The van der Waals surface area contributed by atoms with Gasteiger partial charge in [0.15, 0.2) is 0 Å². The second-order valence-corrected chi connectivity index (χ2v) is 8.98. The summed E-state index contributed by atoms with van der Waals surface area (Å²) in [5.74, 6) is -1.12. The van der Waals surface area contributed by atoms with Crippen molar-refractivity contribution in [1.82, 2.24) is 20.0 Å². The van der Waals surface area contributed by atoms with Crippen molar-refractivity contribution >= 4 is 34.9 Å². The lowest BCUT2D eigenvalue weighted by Gasteiger charge is -2.15. The Hall–Kier alpha value is -3.72. The Kier molecular flexibility index (Phi) is 6.93. The predicted molar refractivity (Wildman–Crippen MR) is 129 cm³/mol. The van der Waals surface area contributed by atoms with Crippen LogP contribution < -0.4 is 5.32 Å². The highest BCUT2D eigenvalue weighted by atomic mass is 32.2. The van der Waals surface area contributed by atoms with Crippen LogP contribution in [0.4, 0.5) is 9.18 Å². The first-order valence-electron chi connectivity index (χ1n) is 10.8. The molecule has 3 aromatic rings. The average Bonchev–Trinajstić information content (AvgIpc) is 3.37. The van der Waals surface area contributed by atoms with Crippen LogP contribution in [0.15, 0.2) is 65.7 Å². The number of halogens is 1. The third-order valence-electron chi connectivity index (χ3n) is 5.26. The molecule has 2 heterocycles. The fourth-order valence-electron chi connectivity index (χ4n) is 3.65. The van der Waals surface area contributed by atoms with Crippen LogP contribution in [0.5, 0.6) is 0 Å². The summed E-state index contributed by atoms with van der Waals surface area (Å²) < 4.78 is 14.9. The van der Waals surface area contributed by atoms with E-state index in [9.17, 15) is 18.8 Å². The topological polar surface area (TPSA) is 84.3 Å². The van der Waals surface area contributed by atoms with Gasteiger partial charge in [-0.25, -0.2) is 9.07 Å². The van der Waals surface area contributed by atoms with Gasteiger partial charge in [-0.15, -0.1) is 0 Å². The first-order valence-corrected chi connectivity index (χ1v) is 11.6. The summed E-state index contributed by atoms with van der Waals surface area (Å²) >= 11 is 0.886. The van der Waals surface area contributed by atoms with Gasteiger partial charge in [0.25, 0.3) is 17.1 Å². The van der Waals surface area contributed by atoms with Crippen molar-refractivity contribution < 1.29 is 18.8 Å². The number of carbonyl (C=O) groups excluding carboxylic acids is 3. The molecule has 7 nitrogen and oxygen atoms in total. The molecule has 3 amide bonds. The van der Waals surface area contributed by atoms with Crippen LogP contribution in [0.2, 0.25) is 0 Å². The van der Waals surface area contributed by atoms with Crippen molar-refractivity contribution in [1.29, 1.82) is 0 Å². The predicted octanol–water partition coefficient (Wildman–Crippen LogP) is 4.60. The van der Waals surface area contributed by atoms with E-state index in [0.29, 0.717) is 21.8 Å². The monoisotopic (exact) mass is 478 g/mol. The Morgan fingerprint density at radius 3 is 2.50 bits per heavy atom. The number of hydrogen-bond donors (Lipinski definition) is 1. The SMILES string of the molecule is CC(C)c1c(C(=O)NCCN2C(=O)S/C(=C\c3ccccc3)C2=O)cnn1-c1ccc(F)cc1. The van der Waals surface area contributed by atoms with E-state index in [0.717, 1.165) is 22.2 Å². The highest BCUT2D eigenvalue weighted by Gasteiger charge is 2.34. The van der Waals surface area contributed by atoms with Crippen molar-refractivity contribution in [3.8, 4) is 5.69 Å². The molecule has 4 rings (SSSR count). The third-order valence-corrected chi connectivity index (χ3v) is 6.17.